The molecule has 3 heteroatoms. The van der Waals surface area contributed by atoms with E-state index >= 15 is 0 Å². The van der Waals surface area contributed by atoms with Gasteiger partial charge >= 0.3 is 0 Å². The van der Waals surface area contributed by atoms with Crippen LogP contribution in [0.25, 0.3) is 0 Å². The van der Waals surface area contributed by atoms with Gasteiger partial charge < -0.3 is 10.2 Å². The van der Waals surface area contributed by atoms with Gasteiger partial charge in [-0.1, -0.05) is 74.0 Å². The summed E-state index contributed by atoms with van der Waals surface area (Å²) in [6.45, 7) is 2.48. The number of nitrogens with one attached hydrogen (secondary N) is 1. The van der Waals surface area contributed by atoms with Crippen molar-refractivity contribution < 1.29 is 4.84 Å². The molecule has 1 aromatic carbocycles. The minimum atomic E-state index is 0.140. The third kappa shape index (κ3) is 5.13. The van der Waals surface area contributed by atoms with Crippen molar-refractivity contribution in [3.63, 3.8) is 0 Å². The molecule has 1 atom stereocenters. The Bertz CT molecular complexity index is 582. The predicted molar refractivity (Wildman–Crippen MR) is 112 cm³/mol. The molecule has 4 rings (SSSR count). The number of rotatable bonds is 3. The summed E-state index contributed by atoms with van der Waals surface area (Å²) in [5.74, 6) is 2.62. The molecular formula is C24H36N2O. The normalized spacial score (nSPS) is 31.1. The summed E-state index contributed by atoms with van der Waals surface area (Å²) >= 11 is 0. The van der Waals surface area contributed by atoms with Crippen molar-refractivity contribution in [3.05, 3.63) is 35.9 Å². The molecule has 2 aliphatic heterocycles. The summed E-state index contributed by atoms with van der Waals surface area (Å²) in [6.07, 6.45) is 15.0. The van der Waals surface area contributed by atoms with Crippen LogP contribution in [0.3, 0.4) is 0 Å². The van der Waals surface area contributed by atoms with Gasteiger partial charge in [-0.3, -0.25) is 0 Å². The molecular weight excluding hydrogens is 332 g/mol. The number of oxime groups is 1. The van der Waals surface area contributed by atoms with Crippen LogP contribution in [0, 0.1) is 17.8 Å². The van der Waals surface area contributed by atoms with Crippen molar-refractivity contribution in [2.45, 2.75) is 76.7 Å². The maximum Gasteiger partial charge on any atom is 0.157 e. The molecule has 0 spiro atoms. The summed E-state index contributed by atoms with van der Waals surface area (Å²) in [5, 5.41) is 8.07. The van der Waals surface area contributed by atoms with Gasteiger partial charge in [-0.15, -0.1) is 0 Å². The highest BCUT2D eigenvalue weighted by atomic mass is 16.6. The standard InChI is InChI=1S/C24H36N2O/c1-2-12-22(13-3-1)24-18-23(26-27-24)21-10-6-4-8-19(9-5-7-11-21)20-14-16-25-17-15-20/h1-3,12-13,19-21,24-25H,4-11,14-18H2. The lowest BCUT2D eigenvalue weighted by Crippen LogP contribution is -2.31. The molecule has 1 saturated heterocycles. The average molecular weight is 369 g/mol. The first kappa shape index (κ1) is 19.0. The maximum absolute atomic E-state index is 5.81. The molecule has 1 aromatic rings. The Morgan fingerprint density at radius 3 is 2.11 bits per heavy atom. The SMILES string of the molecule is c1ccc(C2CC(C3CCCCC(C4CCNCC4)CCCC3)=NO2)cc1. The van der Waals surface area contributed by atoms with E-state index in [0.717, 1.165) is 18.3 Å². The number of piperidine rings is 1. The smallest absolute Gasteiger partial charge is 0.157 e. The fourth-order valence-corrected chi connectivity index (χ4v) is 5.49. The van der Waals surface area contributed by atoms with Crippen LogP contribution in [0.5, 0.6) is 0 Å². The van der Waals surface area contributed by atoms with E-state index in [1.807, 2.05) is 0 Å². The molecule has 2 heterocycles. The molecule has 0 aromatic heterocycles. The summed E-state index contributed by atoms with van der Waals surface area (Å²) in [5.41, 5.74) is 2.60. The first-order chi connectivity index (χ1) is 13.4. The molecule has 1 N–H and O–H groups in total. The van der Waals surface area contributed by atoms with Gasteiger partial charge in [0.2, 0.25) is 0 Å². The second kappa shape index (κ2) is 9.73. The van der Waals surface area contributed by atoms with E-state index in [0.29, 0.717) is 5.92 Å². The lowest BCUT2D eigenvalue weighted by atomic mass is 9.77. The highest BCUT2D eigenvalue weighted by Crippen LogP contribution is 2.36. The Kier molecular flexibility index (Phi) is 6.84. The van der Waals surface area contributed by atoms with Crippen LogP contribution in [0.1, 0.15) is 82.3 Å². The van der Waals surface area contributed by atoms with Gasteiger partial charge in [-0.25, -0.2) is 0 Å². The summed E-state index contributed by atoms with van der Waals surface area (Å²) < 4.78 is 0. The van der Waals surface area contributed by atoms with Gasteiger partial charge in [0.15, 0.2) is 6.10 Å². The third-order valence-corrected chi connectivity index (χ3v) is 7.14. The molecule has 3 nitrogen and oxygen atoms in total. The lowest BCUT2D eigenvalue weighted by molar-refractivity contribution is 0.0856. The van der Waals surface area contributed by atoms with Crippen molar-refractivity contribution in [2.24, 2.45) is 22.9 Å². The quantitative estimate of drug-likeness (QED) is 0.724. The zero-order valence-electron chi connectivity index (χ0n) is 16.7. The van der Waals surface area contributed by atoms with E-state index < -0.39 is 0 Å². The molecule has 27 heavy (non-hydrogen) atoms. The van der Waals surface area contributed by atoms with Crippen molar-refractivity contribution in [1.29, 1.82) is 0 Å². The van der Waals surface area contributed by atoms with Gasteiger partial charge in [0, 0.05) is 12.3 Å². The Balaban J connectivity index is 1.28. The van der Waals surface area contributed by atoms with Gasteiger partial charge in [0.05, 0.1) is 5.71 Å². The third-order valence-electron chi connectivity index (χ3n) is 7.14. The van der Waals surface area contributed by atoms with Gasteiger partial charge in [0.1, 0.15) is 0 Å². The number of hydrogen-bond acceptors (Lipinski definition) is 3. The zero-order chi connectivity index (χ0) is 18.3. The summed E-state index contributed by atoms with van der Waals surface area (Å²) in [7, 11) is 0. The topological polar surface area (TPSA) is 33.6 Å². The summed E-state index contributed by atoms with van der Waals surface area (Å²) in [4.78, 5) is 5.81. The van der Waals surface area contributed by atoms with E-state index in [-0.39, 0.29) is 6.10 Å². The van der Waals surface area contributed by atoms with Gasteiger partial charge in [0.25, 0.3) is 0 Å². The van der Waals surface area contributed by atoms with Crippen LogP contribution in [0.15, 0.2) is 35.5 Å². The molecule has 0 radical (unpaired) electrons. The Morgan fingerprint density at radius 1 is 0.778 bits per heavy atom. The minimum absolute atomic E-state index is 0.140. The largest absolute Gasteiger partial charge is 0.387 e. The van der Waals surface area contributed by atoms with Gasteiger partial charge in [-0.05, 0) is 56.2 Å². The number of hydrogen-bond donors (Lipinski definition) is 1. The summed E-state index contributed by atoms with van der Waals surface area (Å²) in [6, 6.07) is 10.6. The van der Waals surface area contributed by atoms with Crippen LogP contribution in [-0.4, -0.2) is 18.8 Å². The van der Waals surface area contributed by atoms with Crippen molar-refractivity contribution in [1.82, 2.24) is 5.32 Å². The second-order valence-corrected chi connectivity index (χ2v) is 8.90. The first-order valence-corrected chi connectivity index (χ1v) is 11.4. The Hall–Kier alpha value is -1.35. The average Bonchev–Trinajstić information content (AvgIpc) is 3.23. The van der Waals surface area contributed by atoms with Crippen LogP contribution in [-0.2, 0) is 4.84 Å². The number of benzene rings is 1. The van der Waals surface area contributed by atoms with E-state index in [4.69, 9.17) is 4.84 Å². The van der Waals surface area contributed by atoms with Crippen molar-refractivity contribution in [2.75, 3.05) is 13.1 Å². The van der Waals surface area contributed by atoms with Crippen LogP contribution in [0.4, 0.5) is 0 Å². The van der Waals surface area contributed by atoms with Crippen molar-refractivity contribution >= 4 is 5.71 Å². The lowest BCUT2D eigenvalue weighted by Gasteiger charge is -2.32. The molecule has 2 fully saturated rings. The molecule has 3 aliphatic rings. The molecule has 0 amide bonds. The monoisotopic (exact) mass is 368 g/mol. The molecule has 148 valence electrons. The number of nitrogens with zero attached hydrogens (tertiary/aromatic N) is 1. The second-order valence-electron chi connectivity index (χ2n) is 8.90. The zero-order valence-corrected chi connectivity index (χ0v) is 16.7. The fourth-order valence-electron chi connectivity index (χ4n) is 5.49. The highest BCUT2D eigenvalue weighted by molar-refractivity contribution is 5.87. The van der Waals surface area contributed by atoms with Crippen LogP contribution >= 0.6 is 0 Å². The predicted octanol–water partition coefficient (Wildman–Crippen LogP) is 5.87. The molecule has 0 bridgehead atoms. The molecule has 1 aliphatic carbocycles. The van der Waals surface area contributed by atoms with Gasteiger partial charge in [-0.2, -0.15) is 0 Å². The molecule has 1 saturated carbocycles. The van der Waals surface area contributed by atoms with Crippen LogP contribution in [0.2, 0.25) is 0 Å². The van der Waals surface area contributed by atoms with Crippen LogP contribution < -0.4 is 5.32 Å². The van der Waals surface area contributed by atoms with E-state index in [9.17, 15) is 0 Å². The first-order valence-electron chi connectivity index (χ1n) is 11.4. The Morgan fingerprint density at radius 2 is 1.41 bits per heavy atom. The highest BCUT2D eigenvalue weighted by Gasteiger charge is 2.29. The Labute approximate surface area is 164 Å². The maximum atomic E-state index is 5.81. The van der Waals surface area contributed by atoms with E-state index in [1.54, 1.807) is 0 Å². The van der Waals surface area contributed by atoms with E-state index in [1.165, 1.54) is 88.6 Å². The molecule has 1 unspecified atom stereocenters. The fraction of sp³-hybridized carbons (Fsp3) is 0.708. The van der Waals surface area contributed by atoms with E-state index in [2.05, 4.69) is 40.8 Å². The van der Waals surface area contributed by atoms with Crippen molar-refractivity contribution in [3.8, 4) is 0 Å². The minimum Gasteiger partial charge on any atom is -0.387 e.